The van der Waals surface area contributed by atoms with Gasteiger partial charge in [-0.3, -0.25) is 0 Å². The van der Waals surface area contributed by atoms with Crippen LogP contribution in [0.25, 0.3) is 109 Å². The van der Waals surface area contributed by atoms with Crippen molar-refractivity contribution in [2.24, 2.45) is 0 Å². The van der Waals surface area contributed by atoms with Crippen molar-refractivity contribution in [1.82, 2.24) is 9.97 Å². The number of nitrogens with zero attached hydrogens (tertiary/aromatic N) is 2. The van der Waals surface area contributed by atoms with E-state index in [2.05, 4.69) is 182 Å². The van der Waals surface area contributed by atoms with Gasteiger partial charge in [-0.2, -0.15) is 0 Å². The number of benzene rings is 10. The van der Waals surface area contributed by atoms with Crippen LogP contribution in [0, 0.1) is 0 Å². The van der Waals surface area contributed by atoms with Crippen LogP contribution in [0.15, 0.2) is 182 Å². The van der Waals surface area contributed by atoms with Crippen molar-refractivity contribution < 1.29 is 0 Å². The van der Waals surface area contributed by atoms with E-state index in [0.29, 0.717) is 0 Å². The Morgan fingerprint density at radius 3 is 1.12 bits per heavy atom. The highest BCUT2D eigenvalue weighted by atomic mass is 14.8. The minimum atomic E-state index is 0.891. The number of aromatic nitrogens is 2. The quantitative estimate of drug-likeness (QED) is 0.139. The molecule has 0 spiro atoms. The fraction of sp³-hybridized carbons (Fsp3) is 0. The molecular formula is C50H30N2. The number of rotatable bonds is 3. The molecule has 1 heterocycles. The molecule has 0 bridgehead atoms. The van der Waals surface area contributed by atoms with Gasteiger partial charge >= 0.3 is 0 Å². The van der Waals surface area contributed by atoms with E-state index in [-0.39, 0.29) is 0 Å². The Labute approximate surface area is 300 Å². The van der Waals surface area contributed by atoms with E-state index in [0.717, 1.165) is 38.4 Å². The normalized spacial score (nSPS) is 11.8. The zero-order valence-electron chi connectivity index (χ0n) is 28.2. The highest BCUT2D eigenvalue weighted by molar-refractivity contribution is 6.25. The topological polar surface area (TPSA) is 25.8 Å². The predicted octanol–water partition coefficient (Wildman–Crippen LogP) is 13.5. The van der Waals surface area contributed by atoms with Crippen molar-refractivity contribution in [3.8, 4) is 33.4 Å². The van der Waals surface area contributed by atoms with Gasteiger partial charge in [-0.05, 0) is 101 Å². The van der Waals surface area contributed by atoms with Gasteiger partial charge in [0, 0.05) is 10.8 Å². The van der Waals surface area contributed by atoms with Crippen LogP contribution in [0.3, 0.4) is 0 Å². The van der Waals surface area contributed by atoms with Crippen LogP contribution in [0.4, 0.5) is 0 Å². The van der Waals surface area contributed by atoms with Crippen LogP contribution in [0.2, 0.25) is 0 Å². The Kier molecular flexibility index (Phi) is 6.28. The van der Waals surface area contributed by atoms with Gasteiger partial charge in [0.1, 0.15) is 0 Å². The maximum absolute atomic E-state index is 5.43. The second-order valence-corrected chi connectivity index (χ2v) is 13.7. The monoisotopic (exact) mass is 658 g/mol. The number of hydrogen-bond acceptors (Lipinski definition) is 2. The first-order chi connectivity index (χ1) is 25.8. The summed E-state index contributed by atoms with van der Waals surface area (Å²) < 4.78 is 0. The molecule has 0 saturated heterocycles. The molecule has 0 fully saturated rings. The molecule has 0 aliphatic carbocycles. The second-order valence-electron chi connectivity index (χ2n) is 13.7. The van der Waals surface area contributed by atoms with Crippen molar-refractivity contribution in [3.05, 3.63) is 182 Å². The van der Waals surface area contributed by atoms with Crippen LogP contribution < -0.4 is 0 Å². The summed E-state index contributed by atoms with van der Waals surface area (Å²) in [5.41, 5.74) is 10.8. The molecule has 0 saturated carbocycles. The maximum atomic E-state index is 5.43. The lowest BCUT2D eigenvalue weighted by atomic mass is 9.91. The van der Waals surface area contributed by atoms with E-state index >= 15 is 0 Å². The molecule has 0 N–H and O–H groups in total. The van der Waals surface area contributed by atoms with E-state index < -0.39 is 0 Å². The summed E-state index contributed by atoms with van der Waals surface area (Å²) in [7, 11) is 0. The fourth-order valence-electron chi connectivity index (χ4n) is 8.31. The lowest BCUT2D eigenvalue weighted by Gasteiger charge is -2.15. The van der Waals surface area contributed by atoms with Gasteiger partial charge in [0.15, 0.2) is 0 Å². The number of fused-ring (bicyclic) bond motifs is 10. The number of hydrogen-bond donors (Lipinski definition) is 0. The third-order valence-electron chi connectivity index (χ3n) is 10.8. The van der Waals surface area contributed by atoms with Crippen molar-refractivity contribution in [2.75, 3.05) is 0 Å². The Hall–Kier alpha value is -6.90. The largest absolute Gasteiger partial charge is 0.244 e. The Bertz CT molecular complexity index is 3230. The van der Waals surface area contributed by atoms with Gasteiger partial charge in [-0.25, -0.2) is 9.97 Å². The average Bonchev–Trinajstić information content (AvgIpc) is 3.22. The molecule has 2 nitrogen and oxygen atoms in total. The highest BCUT2D eigenvalue weighted by Crippen LogP contribution is 2.41. The highest BCUT2D eigenvalue weighted by Gasteiger charge is 2.17. The van der Waals surface area contributed by atoms with Crippen molar-refractivity contribution >= 4 is 75.9 Å². The third kappa shape index (κ3) is 4.44. The van der Waals surface area contributed by atoms with Crippen LogP contribution in [-0.2, 0) is 0 Å². The smallest absolute Gasteiger partial charge is 0.0979 e. The minimum absolute atomic E-state index is 0.891. The lowest BCUT2D eigenvalue weighted by Crippen LogP contribution is -1.93. The summed E-state index contributed by atoms with van der Waals surface area (Å²) in [6.07, 6.45) is 0. The standard InChI is InChI=1S/C50H30N2/c1-4-16-37-31(10-1)13-7-19-40(37)34-22-25-43-45(28-34)46-29-35(41-20-8-14-32-11-2-5-17-38(32)41)23-26-44(46)50-49(43)51-47-27-24-36(30-48(47)52-50)42-21-9-15-33-12-3-6-18-39(33)42/h1-30H. The fourth-order valence-corrected chi connectivity index (χ4v) is 8.31. The van der Waals surface area contributed by atoms with Gasteiger partial charge in [0.25, 0.3) is 0 Å². The Morgan fingerprint density at radius 1 is 0.250 bits per heavy atom. The Balaban J connectivity index is 1.20. The van der Waals surface area contributed by atoms with Crippen molar-refractivity contribution in [2.45, 2.75) is 0 Å². The molecule has 0 amide bonds. The molecule has 0 atom stereocenters. The third-order valence-corrected chi connectivity index (χ3v) is 10.8. The van der Waals surface area contributed by atoms with Gasteiger partial charge in [0.2, 0.25) is 0 Å². The van der Waals surface area contributed by atoms with Crippen LogP contribution in [0.1, 0.15) is 0 Å². The SMILES string of the molecule is c1ccc2c(-c3ccc4nc5c6ccc(-c7cccc8ccccc78)cc6c6cc(-c7cccc8ccccc78)ccc6c5nc4c3)cccc2c1. The lowest BCUT2D eigenvalue weighted by molar-refractivity contribution is 1.42. The molecule has 0 aliphatic rings. The summed E-state index contributed by atoms with van der Waals surface area (Å²) in [5.74, 6) is 0. The summed E-state index contributed by atoms with van der Waals surface area (Å²) in [6.45, 7) is 0. The summed E-state index contributed by atoms with van der Waals surface area (Å²) in [4.78, 5) is 10.8. The molecule has 0 radical (unpaired) electrons. The van der Waals surface area contributed by atoms with Gasteiger partial charge < -0.3 is 0 Å². The maximum Gasteiger partial charge on any atom is 0.0979 e. The summed E-state index contributed by atoms with van der Waals surface area (Å²) in [5, 5.41) is 12.0. The van der Waals surface area contributed by atoms with Gasteiger partial charge in [-0.15, -0.1) is 0 Å². The van der Waals surface area contributed by atoms with E-state index in [9.17, 15) is 0 Å². The molecule has 1 aromatic heterocycles. The molecule has 11 rings (SSSR count). The van der Waals surface area contributed by atoms with E-state index in [1.165, 1.54) is 70.9 Å². The van der Waals surface area contributed by atoms with Crippen LogP contribution in [-0.4, -0.2) is 9.97 Å². The second kappa shape index (κ2) is 11.3. The van der Waals surface area contributed by atoms with E-state index in [1.54, 1.807) is 0 Å². The van der Waals surface area contributed by atoms with Crippen LogP contribution in [0.5, 0.6) is 0 Å². The van der Waals surface area contributed by atoms with Gasteiger partial charge in [0.05, 0.1) is 22.1 Å². The summed E-state index contributed by atoms with van der Waals surface area (Å²) >= 11 is 0. The molecule has 240 valence electrons. The predicted molar refractivity (Wildman–Crippen MR) is 221 cm³/mol. The molecule has 0 aliphatic heterocycles. The molecule has 0 unspecified atom stereocenters. The molecular weight excluding hydrogens is 629 g/mol. The molecule has 52 heavy (non-hydrogen) atoms. The first-order valence-corrected chi connectivity index (χ1v) is 17.8. The first-order valence-electron chi connectivity index (χ1n) is 17.8. The summed E-state index contributed by atoms with van der Waals surface area (Å²) in [6, 6.07) is 65.7. The Morgan fingerprint density at radius 2 is 0.635 bits per heavy atom. The first kappa shape index (κ1) is 28.9. The average molecular weight is 659 g/mol. The van der Waals surface area contributed by atoms with E-state index in [1.807, 2.05) is 0 Å². The molecule has 11 aromatic rings. The zero-order chi connectivity index (χ0) is 34.2. The van der Waals surface area contributed by atoms with E-state index in [4.69, 9.17) is 9.97 Å². The zero-order valence-corrected chi connectivity index (χ0v) is 28.2. The molecule has 2 heteroatoms. The van der Waals surface area contributed by atoms with Gasteiger partial charge in [-0.1, -0.05) is 158 Å². The van der Waals surface area contributed by atoms with Crippen molar-refractivity contribution in [3.63, 3.8) is 0 Å². The van der Waals surface area contributed by atoms with Crippen LogP contribution >= 0.6 is 0 Å². The van der Waals surface area contributed by atoms with Crippen molar-refractivity contribution in [1.29, 1.82) is 0 Å². The minimum Gasteiger partial charge on any atom is -0.244 e. The molecule has 10 aromatic carbocycles.